The fourth-order valence-electron chi connectivity index (χ4n) is 1.20. The summed E-state index contributed by atoms with van der Waals surface area (Å²) in [6.07, 6.45) is 0.317. The molecule has 0 spiro atoms. The smallest absolute Gasteiger partial charge is 0.233 e. The minimum absolute atomic E-state index is 0.0660. The predicted molar refractivity (Wildman–Crippen MR) is 66.0 cm³/mol. The molecule has 0 saturated heterocycles. The van der Waals surface area contributed by atoms with Gasteiger partial charge in [0.1, 0.15) is 5.01 Å². The molecule has 2 rings (SSSR count). The summed E-state index contributed by atoms with van der Waals surface area (Å²) in [5.74, 6) is -0.0660. The number of carbonyl (C=O) groups excluding carboxylic acids is 1. The van der Waals surface area contributed by atoms with Crippen molar-refractivity contribution in [3.63, 3.8) is 0 Å². The van der Waals surface area contributed by atoms with Gasteiger partial charge in [0.25, 0.3) is 0 Å². The summed E-state index contributed by atoms with van der Waals surface area (Å²) in [6, 6.07) is 0. The number of aryl methyl sites for hydroxylation is 2. The summed E-state index contributed by atoms with van der Waals surface area (Å²) < 4.78 is 0. The van der Waals surface area contributed by atoms with E-state index < -0.39 is 0 Å². The van der Waals surface area contributed by atoms with Gasteiger partial charge in [-0.3, -0.25) is 4.79 Å². The summed E-state index contributed by atoms with van der Waals surface area (Å²) in [6.45, 7) is 3.82. The van der Waals surface area contributed by atoms with Crippen molar-refractivity contribution in [1.82, 2.24) is 9.97 Å². The van der Waals surface area contributed by atoms with Crippen LogP contribution in [0.25, 0.3) is 0 Å². The van der Waals surface area contributed by atoms with Crippen LogP contribution in [0.3, 0.4) is 0 Å². The van der Waals surface area contributed by atoms with Crippen LogP contribution in [0, 0.1) is 13.8 Å². The summed E-state index contributed by atoms with van der Waals surface area (Å²) >= 11 is 2.94. The number of aromatic nitrogens is 2. The molecule has 6 heteroatoms. The Morgan fingerprint density at radius 1 is 1.25 bits per heavy atom. The Morgan fingerprint density at radius 3 is 2.50 bits per heavy atom. The van der Waals surface area contributed by atoms with Gasteiger partial charge in [-0.05, 0) is 13.8 Å². The molecule has 0 aliphatic carbocycles. The number of anilines is 1. The second kappa shape index (κ2) is 4.71. The molecule has 0 aliphatic heterocycles. The van der Waals surface area contributed by atoms with Crippen molar-refractivity contribution in [2.45, 2.75) is 20.3 Å². The SMILES string of the molecule is Cc1csc(CC(=O)Nc2nc(C)cs2)n1. The van der Waals surface area contributed by atoms with Gasteiger partial charge in [0.15, 0.2) is 5.13 Å². The van der Waals surface area contributed by atoms with Gasteiger partial charge in [0.2, 0.25) is 5.91 Å². The lowest BCUT2D eigenvalue weighted by Gasteiger charge is -1.98. The normalized spacial score (nSPS) is 10.4. The van der Waals surface area contributed by atoms with Crippen LogP contribution in [-0.4, -0.2) is 15.9 Å². The van der Waals surface area contributed by atoms with Crippen molar-refractivity contribution in [3.8, 4) is 0 Å². The van der Waals surface area contributed by atoms with E-state index in [1.807, 2.05) is 24.6 Å². The van der Waals surface area contributed by atoms with Crippen LogP contribution < -0.4 is 5.32 Å². The molecular formula is C10H11N3OS2. The number of hydrogen-bond acceptors (Lipinski definition) is 5. The third-order valence-electron chi connectivity index (χ3n) is 1.84. The van der Waals surface area contributed by atoms with E-state index in [9.17, 15) is 4.79 Å². The molecule has 0 aliphatic rings. The van der Waals surface area contributed by atoms with Crippen LogP contribution in [0.15, 0.2) is 10.8 Å². The Labute approximate surface area is 101 Å². The number of amides is 1. The quantitative estimate of drug-likeness (QED) is 0.913. The zero-order chi connectivity index (χ0) is 11.5. The largest absolute Gasteiger partial charge is 0.302 e. The molecular weight excluding hydrogens is 242 g/mol. The molecule has 0 bridgehead atoms. The topological polar surface area (TPSA) is 54.9 Å². The van der Waals surface area contributed by atoms with Crippen LogP contribution in [0.5, 0.6) is 0 Å². The van der Waals surface area contributed by atoms with Gasteiger partial charge in [-0.1, -0.05) is 0 Å². The fraction of sp³-hybridized carbons (Fsp3) is 0.300. The first kappa shape index (κ1) is 11.2. The van der Waals surface area contributed by atoms with E-state index in [1.54, 1.807) is 0 Å². The first-order valence-electron chi connectivity index (χ1n) is 4.76. The maximum Gasteiger partial charge on any atom is 0.233 e. The first-order valence-corrected chi connectivity index (χ1v) is 6.52. The average molecular weight is 253 g/mol. The number of carbonyl (C=O) groups is 1. The molecule has 0 saturated carbocycles. The maximum absolute atomic E-state index is 11.6. The van der Waals surface area contributed by atoms with Crippen LogP contribution in [0.4, 0.5) is 5.13 Å². The molecule has 16 heavy (non-hydrogen) atoms. The van der Waals surface area contributed by atoms with Crippen molar-refractivity contribution < 1.29 is 4.79 Å². The van der Waals surface area contributed by atoms with Crippen LogP contribution in [-0.2, 0) is 11.2 Å². The molecule has 84 valence electrons. The summed E-state index contributed by atoms with van der Waals surface area (Å²) in [5, 5.41) is 8.09. The third kappa shape index (κ3) is 2.86. The lowest BCUT2D eigenvalue weighted by molar-refractivity contribution is -0.115. The van der Waals surface area contributed by atoms with Gasteiger partial charge in [-0.2, -0.15) is 0 Å². The van der Waals surface area contributed by atoms with E-state index in [2.05, 4.69) is 15.3 Å². The van der Waals surface area contributed by atoms with Crippen molar-refractivity contribution >= 4 is 33.7 Å². The zero-order valence-corrected chi connectivity index (χ0v) is 10.6. The molecule has 0 aromatic carbocycles. The highest BCUT2D eigenvalue weighted by Crippen LogP contribution is 2.15. The standard InChI is InChI=1S/C10H11N3OS2/c1-6-4-15-9(11-6)3-8(14)13-10-12-7(2)5-16-10/h4-5H,3H2,1-2H3,(H,12,13,14). The van der Waals surface area contributed by atoms with Crippen molar-refractivity contribution in [2.75, 3.05) is 5.32 Å². The van der Waals surface area contributed by atoms with E-state index in [-0.39, 0.29) is 5.91 Å². The second-order valence-electron chi connectivity index (χ2n) is 3.40. The van der Waals surface area contributed by atoms with Gasteiger partial charge in [-0.25, -0.2) is 9.97 Å². The summed E-state index contributed by atoms with van der Waals surface area (Å²) in [4.78, 5) is 20.0. The van der Waals surface area contributed by atoms with Gasteiger partial charge < -0.3 is 5.32 Å². The minimum Gasteiger partial charge on any atom is -0.302 e. The second-order valence-corrected chi connectivity index (χ2v) is 5.20. The van der Waals surface area contributed by atoms with Crippen molar-refractivity contribution in [3.05, 3.63) is 27.2 Å². The Morgan fingerprint density at radius 2 is 1.94 bits per heavy atom. The Bertz CT molecular complexity index is 459. The first-order chi connectivity index (χ1) is 7.63. The number of thiazole rings is 2. The molecule has 2 heterocycles. The predicted octanol–water partition coefficient (Wildman–Crippen LogP) is 2.40. The summed E-state index contributed by atoms with van der Waals surface area (Å²) in [7, 11) is 0. The van der Waals surface area contributed by atoms with E-state index in [0.717, 1.165) is 16.4 Å². The van der Waals surface area contributed by atoms with E-state index in [1.165, 1.54) is 22.7 Å². The molecule has 1 N–H and O–H groups in total. The lowest BCUT2D eigenvalue weighted by atomic mass is 10.4. The fourth-order valence-corrected chi connectivity index (χ4v) is 2.67. The highest BCUT2D eigenvalue weighted by atomic mass is 32.1. The molecule has 4 nitrogen and oxygen atoms in total. The number of nitrogens with zero attached hydrogens (tertiary/aromatic N) is 2. The van der Waals surface area contributed by atoms with Crippen LogP contribution in [0.1, 0.15) is 16.4 Å². The Balaban J connectivity index is 1.94. The number of rotatable bonds is 3. The van der Waals surface area contributed by atoms with Gasteiger partial charge in [-0.15, -0.1) is 22.7 Å². The van der Waals surface area contributed by atoms with Crippen molar-refractivity contribution in [1.29, 1.82) is 0 Å². The average Bonchev–Trinajstić information content (AvgIpc) is 2.76. The number of nitrogens with one attached hydrogen (secondary N) is 1. The molecule has 0 radical (unpaired) electrons. The Hall–Kier alpha value is -1.27. The van der Waals surface area contributed by atoms with Crippen molar-refractivity contribution in [2.24, 2.45) is 0 Å². The monoisotopic (exact) mass is 253 g/mol. The molecule has 2 aromatic rings. The maximum atomic E-state index is 11.6. The van der Waals surface area contributed by atoms with E-state index in [0.29, 0.717) is 11.6 Å². The summed E-state index contributed by atoms with van der Waals surface area (Å²) in [5.41, 5.74) is 1.88. The molecule has 0 unspecified atom stereocenters. The number of hydrogen-bond donors (Lipinski definition) is 1. The van der Waals surface area contributed by atoms with Gasteiger partial charge >= 0.3 is 0 Å². The van der Waals surface area contributed by atoms with E-state index in [4.69, 9.17) is 0 Å². The van der Waals surface area contributed by atoms with Crippen LogP contribution >= 0.6 is 22.7 Å². The molecule has 0 fully saturated rings. The highest BCUT2D eigenvalue weighted by molar-refractivity contribution is 7.14. The van der Waals surface area contributed by atoms with Gasteiger partial charge in [0, 0.05) is 16.5 Å². The molecule has 2 aromatic heterocycles. The van der Waals surface area contributed by atoms with E-state index >= 15 is 0 Å². The Kier molecular flexibility index (Phi) is 3.31. The molecule has 0 atom stereocenters. The van der Waals surface area contributed by atoms with Crippen LogP contribution in [0.2, 0.25) is 0 Å². The zero-order valence-electron chi connectivity index (χ0n) is 8.98. The minimum atomic E-state index is -0.0660. The molecule has 1 amide bonds. The highest BCUT2D eigenvalue weighted by Gasteiger charge is 2.08. The van der Waals surface area contributed by atoms with Gasteiger partial charge in [0.05, 0.1) is 12.1 Å². The third-order valence-corrected chi connectivity index (χ3v) is 3.69. The lowest BCUT2D eigenvalue weighted by Crippen LogP contribution is -2.14.